The highest BCUT2D eigenvalue weighted by Gasteiger charge is 2.05. The smallest absolute Gasteiger partial charge is 0.127 e. The molecule has 1 aromatic heterocycles. The standard InChI is InChI=1S/C12H14BrN3/c1-2-3-10-8-12(14)16(15-10)11-6-4-9(13)5-7-11/h4-8H,2-3,14H2,1H3. The first-order valence-electron chi connectivity index (χ1n) is 5.31. The number of anilines is 1. The molecule has 0 aliphatic carbocycles. The van der Waals surface area contributed by atoms with E-state index in [-0.39, 0.29) is 0 Å². The summed E-state index contributed by atoms with van der Waals surface area (Å²) in [6.45, 7) is 2.13. The normalized spacial score (nSPS) is 10.6. The van der Waals surface area contributed by atoms with Crippen molar-refractivity contribution in [3.8, 4) is 5.69 Å². The first-order chi connectivity index (χ1) is 7.70. The van der Waals surface area contributed by atoms with Crippen LogP contribution in [0.2, 0.25) is 0 Å². The first kappa shape index (κ1) is 11.2. The summed E-state index contributed by atoms with van der Waals surface area (Å²) in [6.07, 6.45) is 2.05. The SMILES string of the molecule is CCCc1cc(N)n(-c2ccc(Br)cc2)n1. The molecule has 0 radical (unpaired) electrons. The van der Waals surface area contributed by atoms with Crippen LogP contribution in [0.1, 0.15) is 19.0 Å². The molecule has 0 spiro atoms. The lowest BCUT2D eigenvalue weighted by Crippen LogP contribution is -2.01. The summed E-state index contributed by atoms with van der Waals surface area (Å²) < 4.78 is 2.83. The van der Waals surface area contributed by atoms with Gasteiger partial charge in [0, 0.05) is 10.5 Å². The van der Waals surface area contributed by atoms with Gasteiger partial charge in [0.05, 0.1) is 11.4 Å². The van der Waals surface area contributed by atoms with Crippen LogP contribution in [0, 0.1) is 0 Å². The third-order valence-corrected chi connectivity index (χ3v) is 2.89. The molecule has 1 heterocycles. The van der Waals surface area contributed by atoms with E-state index in [1.165, 1.54) is 0 Å². The predicted octanol–water partition coefficient (Wildman–Crippen LogP) is 3.17. The number of hydrogen-bond acceptors (Lipinski definition) is 2. The molecule has 2 rings (SSSR count). The van der Waals surface area contributed by atoms with Crippen LogP contribution in [0.15, 0.2) is 34.8 Å². The molecule has 0 saturated carbocycles. The van der Waals surface area contributed by atoms with Crippen molar-refractivity contribution in [2.45, 2.75) is 19.8 Å². The minimum absolute atomic E-state index is 0.686. The summed E-state index contributed by atoms with van der Waals surface area (Å²) in [5, 5.41) is 4.48. The number of rotatable bonds is 3. The van der Waals surface area contributed by atoms with E-state index in [1.54, 1.807) is 4.68 Å². The topological polar surface area (TPSA) is 43.8 Å². The second-order valence-electron chi connectivity index (χ2n) is 3.70. The lowest BCUT2D eigenvalue weighted by Gasteiger charge is -2.03. The van der Waals surface area contributed by atoms with Gasteiger partial charge in [-0.05, 0) is 30.7 Å². The van der Waals surface area contributed by atoms with Gasteiger partial charge in [-0.15, -0.1) is 0 Å². The Morgan fingerprint density at radius 1 is 1.31 bits per heavy atom. The van der Waals surface area contributed by atoms with Crippen LogP contribution in [0.25, 0.3) is 5.69 Å². The Morgan fingerprint density at radius 2 is 2.00 bits per heavy atom. The maximum Gasteiger partial charge on any atom is 0.127 e. The van der Waals surface area contributed by atoms with Crippen molar-refractivity contribution in [2.24, 2.45) is 0 Å². The van der Waals surface area contributed by atoms with E-state index in [9.17, 15) is 0 Å². The zero-order valence-corrected chi connectivity index (χ0v) is 10.7. The Morgan fingerprint density at radius 3 is 2.62 bits per heavy atom. The molecule has 0 saturated heterocycles. The summed E-state index contributed by atoms with van der Waals surface area (Å²) in [4.78, 5) is 0. The second-order valence-corrected chi connectivity index (χ2v) is 4.61. The fraction of sp³-hybridized carbons (Fsp3) is 0.250. The fourth-order valence-electron chi connectivity index (χ4n) is 1.61. The number of nitrogens with zero attached hydrogens (tertiary/aromatic N) is 2. The largest absolute Gasteiger partial charge is 0.384 e. The molecule has 0 amide bonds. The molecule has 0 aliphatic heterocycles. The maximum atomic E-state index is 5.93. The molecule has 84 valence electrons. The van der Waals surface area contributed by atoms with Crippen molar-refractivity contribution < 1.29 is 0 Å². The summed E-state index contributed by atoms with van der Waals surface area (Å²) in [5.74, 6) is 0.686. The minimum atomic E-state index is 0.686. The molecule has 16 heavy (non-hydrogen) atoms. The van der Waals surface area contributed by atoms with Gasteiger partial charge in [0.2, 0.25) is 0 Å². The van der Waals surface area contributed by atoms with Crippen LogP contribution >= 0.6 is 15.9 Å². The highest BCUT2D eigenvalue weighted by atomic mass is 79.9. The maximum absolute atomic E-state index is 5.93. The summed E-state index contributed by atoms with van der Waals surface area (Å²) in [6, 6.07) is 9.88. The average Bonchev–Trinajstić information content (AvgIpc) is 2.61. The van der Waals surface area contributed by atoms with E-state index in [0.29, 0.717) is 5.82 Å². The molecule has 4 heteroatoms. The van der Waals surface area contributed by atoms with Crippen LogP contribution in [0.3, 0.4) is 0 Å². The molecule has 1 aromatic carbocycles. The van der Waals surface area contributed by atoms with Crippen molar-refractivity contribution in [3.05, 3.63) is 40.5 Å². The predicted molar refractivity (Wildman–Crippen MR) is 69.7 cm³/mol. The summed E-state index contributed by atoms with van der Waals surface area (Å²) in [7, 11) is 0. The van der Waals surface area contributed by atoms with E-state index in [4.69, 9.17) is 5.73 Å². The third-order valence-electron chi connectivity index (χ3n) is 2.36. The zero-order valence-electron chi connectivity index (χ0n) is 9.15. The van der Waals surface area contributed by atoms with Gasteiger partial charge in [0.25, 0.3) is 0 Å². The van der Waals surface area contributed by atoms with Gasteiger partial charge in [-0.25, -0.2) is 4.68 Å². The lowest BCUT2D eigenvalue weighted by molar-refractivity contribution is 0.811. The Balaban J connectivity index is 2.36. The van der Waals surface area contributed by atoms with Crippen LogP contribution in [0.4, 0.5) is 5.82 Å². The quantitative estimate of drug-likeness (QED) is 0.938. The number of hydrogen-bond donors (Lipinski definition) is 1. The molecule has 3 nitrogen and oxygen atoms in total. The number of nitrogen functional groups attached to an aromatic ring is 1. The number of benzene rings is 1. The molecule has 0 aliphatic rings. The van der Waals surface area contributed by atoms with Crippen LogP contribution in [0.5, 0.6) is 0 Å². The van der Waals surface area contributed by atoms with Gasteiger partial charge in [-0.1, -0.05) is 29.3 Å². The highest BCUT2D eigenvalue weighted by molar-refractivity contribution is 9.10. The van der Waals surface area contributed by atoms with Gasteiger partial charge in [-0.3, -0.25) is 0 Å². The van der Waals surface area contributed by atoms with E-state index in [0.717, 1.165) is 28.7 Å². The first-order valence-corrected chi connectivity index (χ1v) is 6.10. The lowest BCUT2D eigenvalue weighted by atomic mass is 10.2. The van der Waals surface area contributed by atoms with E-state index in [2.05, 4.69) is 28.0 Å². The van der Waals surface area contributed by atoms with E-state index in [1.807, 2.05) is 30.3 Å². The molecule has 0 fully saturated rings. The third kappa shape index (κ3) is 2.27. The van der Waals surface area contributed by atoms with Crippen LogP contribution in [-0.4, -0.2) is 9.78 Å². The number of aryl methyl sites for hydroxylation is 1. The molecule has 0 unspecified atom stereocenters. The highest BCUT2D eigenvalue weighted by Crippen LogP contribution is 2.18. The molecular formula is C12H14BrN3. The Labute approximate surface area is 103 Å². The van der Waals surface area contributed by atoms with Crippen molar-refractivity contribution in [1.29, 1.82) is 0 Å². The Kier molecular flexibility index (Phi) is 3.29. The van der Waals surface area contributed by atoms with Gasteiger partial charge in [0.1, 0.15) is 5.82 Å². The van der Waals surface area contributed by atoms with Crippen molar-refractivity contribution in [2.75, 3.05) is 5.73 Å². The minimum Gasteiger partial charge on any atom is -0.384 e. The monoisotopic (exact) mass is 279 g/mol. The van der Waals surface area contributed by atoms with E-state index >= 15 is 0 Å². The average molecular weight is 280 g/mol. The van der Waals surface area contributed by atoms with Crippen LogP contribution < -0.4 is 5.73 Å². The zero-order chi connectivity index (χ0) is 11.5. The fourth-order valence-corrected chi connectivity index (χ4v) is 1.88. The van der Waals surface area contributed by atoms with Gasteiger partial charge >= 0.3 is 0 Å². The molecular weight excluding hydrogens is 266 g/mol. The molecule has 2 N–H and O–H groups in total. The van der Waals surface area contributed by atoms with Gasteiger partial charge < -0.3 is 5.73 Å². The Bertz CT molecular complexity index is 474. The molecule has 0 atom stereocenters. The summed E-state index contributed by atoms with van der Waals surface area (Å²) in [5.41, 5.74) is 7.96. The van der Waals surface area contributed by atoms with E-state index < -0.39 is 0 Å². The molecule has 2 aromatic rings. The number of nitrogens with two attached hydrogens (primary N) is 1. The second kappa shape index (κ2) is 4.70. The van der Waals surface area contributed by atoms with Crippen LogP contribution in [-0.2, 0) is 6.42 Å². The van der Waals surface area contributed by atoms with Crippen molar-refractivity contribution in [1.82, 2.24) is 9.78 Å². The molecule has 0 bridgehead atoms. The van der Waals surface area contributed by atoms with Crippen molar-refractivity contribution in [3.63, 3.8) is 0 Å². The number of aromatic nitrogens is 2. The van der Waals surface area contributed by atoms with Gasteiger partial charge in [-0.2, -0.15) is 5.10 Å². The van der Waals surface area contributed by atoms with Crippen molar-refractivity contribution >= 4 is 21.7 Å². The number of halogens is 1. The summed E-state index contributed by atoms with van der Waals surface area (Å²) >= 11 is 3.41. The Hall–Kier alpha value is -1.29. The van der Waals surface area contributed by atoms with Gasteiger partial charge in [0.15, 0.2) is 0 Å².